The average molecular weight is 414 g/mol. The molecular weight excluding hydrogens is 398 g/mol. The number of halogens is 1. The number of hydrogen-bond donors (Lipinski definition) is 1. The molecule has 1 atom stereocenters. The standard InChI is InChI=1S/C21H16ClNO6/c1-27-15-7-6-12(22)10-14(15)19(24)17-18(16-5-3-9-29-16)23(21(26)20(17)25)11-13-4-2-8-28-13/h2-10,18,24H,11H2,1H3/b19-17-. The van der Waals surface area contributed by atoms with E-state index in [1.807, 2.05) is 0 Å². The number of amides is 1. The van der Waals surface area contributed by atoms with Crippen molar-refractivity contribution in [2.45, 2.75) is 12.6 Å². The summed E-state index contributed by atoms with van der Waals surface area (Å²) >= 11 is 6.07. The van der Waals surface area contributed by atoms with Gasteiger partial charge in [0.05, 0.1) is 37.3 Å². The normalized spacial score (nSPS) is 18.4. The predicted molar refractivity (Wildman–Crippen MR) is 103 cm³/mol. The lowest BCUT2D eigenvalue weighted by Gasteiger charge is -2.22. The molecule has 4 rings (SSSR count). The minimum absolute atomic E-state index is 0.0341. The summed E-state index contributed by atoms with van der Waals surface area (Å²) in [5, 5.41) is 11.4. The van der Waals surface area contributed by atoms with E-state index in [0.717, 1.165) is 0 Å². The first kappa shape index (κ1) is 18.9. The van der Waals surface area contributed by atoms with Crippen LogP contribution in [-0.2, 0) is 16.1 Å². The minimum Gasteiger partial charge on any atom is -0.507 e. The fourth-order valence-electron chi connectivity index (χ4n) is 3.37. The summed E-state index contributed by atoms with van der Waals surface area (Å²) in [4.78, 5) is 27.0. The minimum atomic E-state index is -0.932. The highest BCUT2D eigenvalue weighted by molar-refractivity contribution is 6.46. The second-order valence-corrected chi connectivity index (χ2v) is 6.80. The molecule has 3 aromatic rings. The van der Waals surface area contributed by atoms with Crippen molar-refractivity contribution in [1.29, 1.82) is 0 Å². The van der Waals surface area contributed by atoms with E-state index in [4.69, 9.17) is 25.2 Å². The number of carbonyl (C=O) groups is 2. The Balaban J connectivity index is 1.89. The molecule has 1 aromatic carbocycles. The molecule has 1 aliphatic rings. The van der Waals surface area contributed by atoms with Crippen molar-refractivity contribution in [2.24, 2.45) is 0 Å². The molecule has 1 saturated heterocycles. The third-order valence-corrected chi connectivity index (χ3v) is 4.91. The summed E-state index contributed by atoms with van der Waals surface area (Å²) in [5.74, 6) is -0.877. The average Bonchev–Trinajstić information content (AvgIpc) is 3.46. The third kappa shape index (κ3) is 3.30. The summed E-state index contributed by atoms with van der Waals surface area (Å²) < 4.78 is 16.1. The van der Waals surface area contributed by atoms with E-state index in [9.17, 15) is 14.7 Å². The summed E-state index contributed by atoms with van der Waals surface area (Å²) in [6.45, 7) is 0.0341. The van der Waals surface area contributed by atoms with Gasteiger partial charge in [0.2, 0.25) is 0 Å². The summed E-state index contributed by atoms with van der Waals surface area (Å²) in [6, 6.07) is 10.3. The number of aliphatic hydroxyl groups excluding tert-OH is 1. The van der Waals surface area contributed by atoms with Gasteiger partial charge in [0.25, 0.3) is 11.7 Å². The van der Waals surface area contributed by atoms with Crippen LogP contribution in [0.25, 0.3) is 5.76 Å². The molecular formula is C21H16ClNO6. The molecule has 2 aromatic heterocycles. The van der Waals surface area contributed by atoms with Crippen LogP contribution in [0.2, 0.25) is 5.02 Å². The topological polar surface area (TPSA) is 93.1 Å². The molecule has 0 saturated carbocycles. The lowest BCUT2D eigenvalue weighted by Crippen LogP contribution is -2.28. The Labute approximate surface area is 170 Å². The monoisotopic (exact) mass is 413 g/mol. The molecule has 1 fully saturated rings. The van der Waals surface area contributed by atoms with Crippen LogP contribution in [0.15, 0.2) is 69.4 Å². The molecule has 1 unspecified atom stereocenters. The molecule has 148 valence electrons. The van der Waals surface area contributed by atoms with Crippen LogP contribution in [0.3, 0.4) is 0 Å². The van der Waals surface area contributed by atoms with Crippen LogP contribution in [0.4, 0.5) is 0 Å². The van der Waals surface area contributed by atoms with Gasteiger partial charge in [0.15, 0.2) is 0 Å². The first-order valence-corrected chi connectivity index (χ1v) is 9.07. The van der Waals surface area contributed by atoms with Crippen LogP contribution >= 0.6 is 11.6 Å². The molecule has 1 aliphatic heterocycles. The highest BCUT2D eigenvalue weighted by atomic mass is 35.5. The number of carbonyl (C=O) groups excluding carboxylic acids is 2. The number of likely N-dealkylation sites (tertiary alicyclic amines) is 1. The second-order valence-electron chi connectivity index (χ2n) is 6.37. The van der Waals surface area contributed by atoms with Gasteiger partial charge in [-0.3, -0.25) is 9.59 Å². The number of rotatable bonds is 5. The third-order valence-electron chi connectivity index (χ3n) is 4.68. The number of ether oxygens (including phenoxy) is 1. The van der Waals surface area contributed by atoms with Gasteiger partial charge in [-0.05, 0) is 42.5 Å². The van der Waals surface area contributed by atoms with Gasteiger partial charge in [0.1, 0.15) is 29.1 Å². The highest BCUT2D eigenvalue weighted by Crippen LogP contribution is 2.42. The van der Waals surface area contributed by atoms with Gasteiger partial charge in [-0.15, -0.1) is 0 Å². The van der Waals surface area contributed by atoms with Crippen LogP contribution in [0.5, 0.6) is 5.75 Å². The zero-order valence-corrected chi connectivity index (χ0v) is 16.1. The van der Waals surface area contributed by atoms with Crippen molar-refractivity contribution < 1.29 is 28.3 Å². The van der Waals surface area contributed by atoms with Gasteiger partial charge in [0, 0.05) is 5.02 Å². The van der Waals surface area contributed by atoms with Gasteiger partial charge in [-0.25, -0.2) is 0 Å². The molecule has 7 nitrogen and oxygen atoms in total. The van der Waals surface area contributed by atoms with E-state index in [-0.39, 0.29) is 17.7 Å². The Morgan fingerprint density at radius 3 is 2.59 bits per heavy atom. The van der Waals surface area contributed by atoms with Crippen molar-refractivity contribution in [1.82, 2.24) is 4.90 Å². The Hall–Kier alpha value is -3.45. The summed E-state index contributed by atoms with van der Waals surface area (Å²) in [5.41, 5.74) is 0.0876. The van der Waals surface area contributed by atoms with Gasteiger partial charge in [-0.2, -0.15) is 0 Å². The molecule has 29 heavy (non-hydrogen) atoms. The van der Waals surface area contributed by atoms with Crippen molar-refractivity contribution in [3.63, 3.8) is 0 Å². The van der Waals surface area contributed by atoms with E-state index < -0.39 is 23.5 Å². The Kier molecular flexibility index (Phi) is 4.90. The number of Topliss-reactive ketones (excluding diaryl/α,β-unsaturated/α-hetero) is 1. The Morgan fingerprint density at radius 1 is 1.17 bits per heavy atom. The van der Waals surface area contributed by atoms with Crippen LogP contribution in [-0.4, -0.2) is 28.8 Å². The maximum atomic E-state index is 12.9. The fraction of sp³-hybridized carbons (Fsp3) is 0.143. The quantitative estimate of drug-likeness (QED) is 0.383. The maximum Gasteiger partial charge on any atom is 0.296 e. The van der Waals surface area contributed by atoms with Crippen molar-refractivity contribution in [3.8, 4) is 5.75 Å². The lowest BCUT2D eigenvalue weighted by molar-refractivity contribution is -0.140. The largest absolute Gasteiger partial charge is 0.507 e. The van der Waals surface area contributed by atoms with Crippen molar-refractivity contribution >= 4 is 29.1 Å². The number of nitrogens with zero attached hydrogens (tertiary/aromatic N) is 1. The molecule has 0 radical (unpaired) electrons. The number of aliphatic hydroxyl groups is 1. The molecule has 1 amide bonds. The van der Waals surface area contributed by atoms with E-state index in [0.29, 0.717) is 22.3 Å². The molecule has 0 aliphatic carbocycles. The SMILES string of the molecule is COc1ccc(Cl)cc1/C(O)=C1/C(=O)C(=O)N(Cc2ccco2)C1c1ccco1. The molecule has 0 spiro atoms. The molecule has 0 bridgehead atoms. The number of methoxy groups -OCH3 is 1. The van der Waals surface area contributed by atoms with Crippen molar-refractivity contribution in [2.75, 3.05) is 7.11 Å². The first-order valence-electron chi connectivity index (χ1n) is 8.69. The number of furan rings is 2. The van der Waals surface area contributed by atoms with E-state index in [1.54, 1.807) is 36.4 Å². The van der Waals surface area contributed by atoms with Gasteiger partial charge < -0.3 is 23.6 Å². The fourth-order valence-corrected chi connectivity index (χ4v) is 3.54. The van der Waals surface area contributed by atoms with Crippen LogP contribution in [0, 0.1) is 0 Å². The first-order chi connectivity index (χ1) is 14.0. The number of hydrogen-bond acceptors (Lipinski definition) is 6. The predicted octanol–water partition coefficient (Wildman–Crippen LogP) is 4.16. The smallest absolute Gasteiger partial charge is 0.296 e. The molecule has 3 heterocycles. The van der Waals surface area contributed by atoms with Crippen LogP contribution in [0.1, 0.15) is 23.1 Å². The summed E-state index contributed by atoms with van der Waals surface area (Å²) in [7, 11) is 1.43. The Morgan fingerprint density at radius 2 is 1.93 bits per heavy atom. The molecule has 8 heteroatoms. The lowest BCUT2D eigenvalue weighted by atomic mass is 9.98. The Bertz CT molecular complexity index is 1080. The number of benzene rings is 1. The number of ketones is 1. The van der Waals surface area contributed by atoms with Crippen LogP contribution < -0.4 is 4.74 Å². The van der Waals surface area contributed by atoms with Gasteiger partial charge in [-0.1, -0.05) is 11.6 Å². The van der Waals surface area contributed by atoms with E-state index >= 15 is 0 Å². The van der Waals surface area contributed by atoms with Gasteiger partial charge >= 0.3 is 0 Å². The van der Waals surface area contributed by atoms with Crippen molar-refractivity contribution in [3.05, 3.63) is 82.7 Å². The van der Waals surface area contributed by atoms with E-state index in [1.165, 1.54) is 30.6 Å². The molecule has 1 N–H and O–H groups in total. The maximum absolute atomic E-state index is 12.9. The highest BCUT2D eigenvalue weighted by Gasteiger charge is 2.48. The summed E-state index contributed by atoms with van der Waals surface area (Å²) in [6.07, 6.45) is 2.91. The second kappa shape index (κ2) is 7.52. The van der Waals surface area contributed by atoms with E-state index in [2.05, 4.69) is 0 Å². The zero-order chi connectivity index (χ0) is 20.5. The zero-order valence-electron chi connectivity index (χ0n) is 15.3.